The molecule has 1 aromatic heterocycles. The van der Waals surface area contributed by atoms with Crippen LogP contribution >= 0.6 is 11.3 Å². The second kappa shape index (κ2) is 9.67. The lowest BCUT2D eigenvalue weighted by Gasteiger charge is -2.37. The van der Waals surface area contributed by atoms with Crippen molar-refractivity contribution in [2.24, 2.45) is 5.92 Å². The van der Waals surface area contributed by atoms with Crippen LogP contribution in [0.5, 0.6) is 0 Å². The molecule has 0 spiro atoms. The van der Waals surface area contributed by atoms with Crippen LogP contribution in [0.25, 0.3) is 0 Å². The second-order valence-corrected chi connectivity index (χ2v) is 15.3. The van der Waals surface area contributed by atoms with E-state index in [4.69, 9.17) is 9.16 Å². The number of unbranched alkanes of at least 4 members (excludes halogenated alkanes) is 1. The third kappa shape index (κ3) is 6.52. The third-order valence-corrected chi connectivity index (χ3v) is 11.5. The minimum absolute atomic E-state index is 0.0131. The lowest BCUT2D eigenvalue weighted by atomic mass is 9.78. The van der Waals surface area contributed by atoms with Crippen LogP contribution in [0.3, 0.4) is 0 Å². The Balaban J connectivity index is 1.75. The van der Waals surface area contributed by atoms with Crippen molar-refractivity contribution in [3.05, 3.63) is 10.0 Å². The number of nitrogens with zero attached hydrogens (tertiary/aromatic N) is 2. The summed E-state index contributed by atoms with van der Waals surface area (Å²) >= 11 is 1.66. The first-order valence-electron chi connectivity index (χ1n) is 10.4. The van der Waals surface area contributed by atoms with E-state index >= 15 is 0 Å². The van der Waals surface area contributed by atoms with E-state index in [1.165, 1.54) is 0 Å². The van der Waals surface area contributed by atoms with Crippen molar-refractivity contribution in [3.63, 3.8) is 0 Å². The predicted octanol–water partition coefficient (Wildman–Crippen LogP) is 5.47. The number of aromatic nitrogens is 2. The maximum atomic E-state index is 11.7. The smallest absolute Gasteiger partial charge is 0.407 e. The Labute approximate surface area is 174 Å². The summed E-state index contributed by atoms with van der Waals surface area (Å²) in [5.74, 6) is 0.554. The molecule has 1 aliphatic carbocycles. The largest absolute Gasteiger partial charge is 0.450 e. The SMILES string of the molecule is CCCCOC(=O)NC1CC(Cc2nnc([C@@H](C)O[Si](C)(C)C(C)(C)C)s2)C1. The van der Waals surface area contributed by atoms with E-state index < -0.39 is 8.32 Å². The van der Waals surface area contributed by atoms with Gasteiger partial charge < -0.3 is 14.5 Å². The first-order chi connectivity index (χ1) is 13.0. The van der Waals surface area contributed by atoms with Gasteiger partial charge in [0.15, 0.2) is 8.32 Å². The molecule has 1 amide bonds. The number of rotatable bonds is 9. The molecule has 1 saturated carbocycles. The van der Waals surface area contributed by atoms with Gasteiger partial charge in [-0.3, -0.25) is 0 Å². The van der Waals surface area contributed by atoms with Gasteiger partial charge in [0, 0.05) is 12.5 Å². The summed E-state index contributed by atoms with van der Waals surface area (Å²) in [5, 5.41) is 13.9. The zero-order valence-electron chi connectivity index (χ0n) is 18.5. The summed E-state index contributed by atoms with van der Waals surface area (Å²) in [6.07, 6.45) is 4.53. The number of hydrogen-bond donors (Lipinski definition) is 1. The summed E-state index contributed by atoms with van der Waals surface area (Å²) in [6, 6.07) is 0.229. The van der Waals surface area contributed by atoms with Gasteiger partial charge in [0.2, 0.25) is 0 Å². The highest BCUT2D eigenvalue weighted by Gasteiger charge is 2.39. The highest BCUT2D eigenvalue weighted by atomic mass is 32.1. The van der Waals surface area contributed by atoms with E-state index in [0.717, 1.165) is 42.1 Å². The molecular formula is C20H37N3O3SSi. The number of nitrogens with one attached hydrogen (secondary N) is 1. The van der Waals surface area contributed by atoms with Crippen LogP contribution < -0.4 is 5.32 Å². The average molecular weight is 428 g/mol. The fourth-order valence-corrected chi connectivity index (χ4v) is 5.34. The maximum Gasteiger partial charge on any atom is 0.407 e. The highest BCUT2D eigenvalue weighted by molar-refractivity contribution is 7.11. The van der Waals surface area contributed by atoms with Crippen molar-refractivity contribution in [3.8, 4) is 0 Å². The van der Waals surface area contributed by atoms with Gasteiger partial charge in [-0.15, -0.1) is 10.2 Å². The van der Waals surface area contributed by atoms with Gasteiger partial charge in [0.05, 0.1) is 12.7 Å². The van der Waals surface area contributed by atoms with Crippen molar-refractivity contribution in [1.29, 1.82) is 0 Å². The fraction of sp³-hybridized carbons (Fsp3) is 0.850. The normalized spacial score (nSPS) is 21.1. The Hall–Kier alpha value is -0.993. The van der Waals surface area contributed by atoms with Crippen molar-refractivity contribution in [1.82, 2.24) is 15.5 Å². The number of alkyl carbamates (subject to hydrolysis) is 1. The van der Waals surface area contributed by atoms with E-state index in [1.54, 1.807) is 11.3 Å². The van der Waals surface area contributed by atoms with E-state index in [-0.39, 0.29) is 23.3 Å². The molecular weight excluding hydrogens is 390 g/mol. The zero-order valence-corrected chi connectivity index (χ0v) is 20.3. The third-order valence-electron chi connectivity index (χ3n) is 5.86. The molecule has 1 fully saturated rings. The summed E-state index contributed by atoms with van der Waals surface area (Å²) < 4.78 is 11.6. The molecule has 1 aromatic rings. The van der Waals surface area contributed by atoms with Crippen LogP contribution in [0.2, 0.25) is 18.1 Å². The lowest BCUT2D eigenvalue weighted by Crippen LogP contribution is -2.45. The molecule has 1 N–H and O–H groups in total. The number of carbonyl (C=O) groups is 1. The van der Waals surface area contributed by atoms with Crippen LogP contribution in [0.1, 0.15) is 76.4 Å². The Morgan fingerprint density at radius 3 is 2.61 bits per heavy atom. The second-order valence-electron chi connectivity index (χ2n) is 9.43. The van der Waals surface area contributed by atoms with E-state index in [1.807, 2.05) is 0 Å². The fourth-order valence-electron chi connectivity index (χ4n) is 2.97. The first-order valence-corrected chi connectivity index (χ1v) is 14.2. The minimum atomic E-state index is -1.82. The van der Waals surface area contributed by atoms with E-state index in [9.17, 15) is 4.79 Å². The minimum Gasteiger partial charge on any atom is -0.450 e. The van der Waals surface area contributed by atoms with E-state index in [2.05, 4.69) is 63.2 Å². The molecule has 0 aromatic carbocycles. The lowest BCUT2D eigenvalue weighted by molar-refractivity contribution is 0.126. The van der Waals surface area contributed by atoms with Gasteiger partial charge in [0.1, 0.15) is 10.0 Å². The predicted molar refractivity (Wildman–Crippen MR) is 116 cm³/mol. The van der Waals surface area contributed by atoms with E-state index in [0.29, 0.717) is 12.5 Å². The topological polar surface area (TPSA) is 73.3 Å². The number of hydrogen-bond acceptors (Lipinski definition) is 6. The molecule has 0 radical (unpaired) electrons. The van der Waals surface area contributed by atoms with Crippen LogP contribution in [0, 0.1) is 5.92 Å². The number of carbonyl (C=O) groups excluding carboxylic acids is 1. The molecule has 6 nitrogen and oxygen atoms in total. The van der Waals surface area contributed by atoms with Crippen molar-refractivity contribution >= 4 is 25.7 Å². The van der Waals surface area contributed by atoms with Crippen LogP contribution in [-0.4, -0.2) is 37.3 Å². The van der Waals surface area contributed by atoms with Gasteiger partial charge in [-0.1, -0.05) is 45.5 Å². The molecule has 2 rings (SSSR count). The number of amides is 1. The average Bonchev–Trinajstić information content (AvgIpc) is 3.00. The van der Waals surface area contributed by atoms with Crippen molar-refractivity contribution in [2.75, 3.05) is 6.61 Å². The Bertz CT molecular complexity index is 639. The van der Waals surface area contributed by atoms with Crippen LogP contribution in [0.15, 0.2) is 0 Å². The Kier molecular flexibility index (Phi) is 8.04. The highest BCUT2D eigenvalue weighted by Crippen LogP contribution is 2.40. The van der Waals surface area contributed by atoms with Gasteiger partial charge in [-0.25, -0.2) is 4.79 Å². The van der Waals surface area contributed by atoms with Crippen molar-refractivity contribution in [2.45, 2.75) is 97.0 Å². The van der Waals surface area contributed by atoms with Gasteiger partial charge in [0.25, 0.3) is 0 Å². The van der Waals surface area contributed by atoms with Crippen LogP contribution in [0.4, 0.5) is 4.79 Å². The molecule has 0 saturated heterocycles. The molecule has 8 heteroatoms. The quantitative estimate of drug-likeness (QED) is 0.418. The zero-order chi connectivity index (χ0) is 20.9. The summed E-state index contributed by atoms with van der Waals surface area (Å²) in [7, 11) is -1.82. The maximum absolute atomic E-state index is 11.7. The Morgan fingerprint density at radius 2 is 2.00 bits per heavy atom. The molecule has 28 heavy (non-hydrogen) atoms. The number of ether oxygens (including phenoxy) is 1. The van der Waals surface area contributed by atoms with Crippen molar-refractivity contribution < 1.29 is 14.0 Å². The first kappa shape index (κ1) is 23.3. The monoisotopic (exact) mass is 427 g/mol. The molecule has 1 aliphatic rings. The summed E-state index contributed by atoms with van der Waals surface area (Å²) in [6.45, 7) is 15.9. The Morgan fingerprint density at radius 1 is 1.32 bits per heavy atom. The van der Waals surface area contributed by atoms with Gasteiger partial charge >= 0.3 is 6.09 Å². The molecule has 1 atom stereocenters. The summed E-state index contributed by atoms with van der Waals surface area (Å²) in [5.41, 5.74) is 0. The molecule has 1 heterocycles. The van der Waals surface area contributed by atoms with Crippen LogP contribution in [-0.2, 0) is 15.6 Å². The molecule has 0 unspecified atom stereocenters. The molecule has 160 valence electrons. The molecule has 0 bridgehead atoms. The van der Waals surface area contributed by atoms with Gasteiger partial charge in [-0.05, 0) is 50.2 Å². The standard InChI is InChI=1S/C20H37N3O3SSi/c1-8-9-10-25-19(24)21-16-11-15(12-16)13-17-22-23-18(27-17)14(2)26-28(6,7)20(3,4)5/h14-16H,8-13H2,1-7H3,(H,21,24)/t14-,15?,16?/m1/s1. The van der Waals surface area contributed by atoms with Gasteiger partial charge in [-0.2, -0.15) is 0 Å². The molecule has 0 aliphatic heterocycles. The summed E-state index contributed by atoms with van der Waals surface area (Å²) in [4.78, 5) is 11.7.